The number of rotatable bonds is 4. The molecule has 118 valence electrons. The Hall–Kier alpha value is -1.71. The van der Waals surface area contributed by atoms with E-state index >= 15 is 0 Å². The molecular weight excluding hydrogens is 278 g/mol. The van der Waals surface area contributed by atoms with Gasteiger partial charge in [-0.25, -0.2) is 0 Å². The monoisotopic (exact) mass is 301 g/mol. The zero-order chi connectivity index (χ0) is 15.3. The molecule has 0 aromatic heterocycles. The number of hydrogen-bond donors (Lipinski definition) is 0. The van der Waals surface area contributed by atoms with Crippen molar-refractivity contribution in [1.29, 1.82) is 0 Å². The number of carbonyl (C=O) groups excluding carboxylic acids is 1. The standard InChI is InChI=1S/C18H23NO3/c1-11(2)18(20)19(13-3-4-13)10-15-14-6-8-21-16(14)9-12-5-7-22-17(12)15/h9,11,13H,3-8,10H2,1-2H3. The molecule has 0 atom stereocenters. The summed E-state index contributed by atoms with van der Waals surface area (Å²) in [7, 11) is 0. The van der Waals surface area contributed by atoms with E-state index in [1.807, 2.05) is 13.8 Å². The molecule has 0 saturated heterocycles. The molecule has 2 heterocycles. The first-order valence-corrected chi connectivity index (χ1v) is 8.39. The van der Waals surface area contributed by atoms with Gasteiger partial charge in [0.1, 0.15) is 11.5 Å². The summed E-state index contributed by atoms with van der Waals surface area (Å²) in [6.07, 6.45) is 4.14. The minimum absolute atomic E-state index is 0.0441. The average molecular weight is 301 g/mol. The van der Waals surface area contributed by atoms with Gasteiger partial charge in [-0.1, -0.05) is 13.8 Å². The van der Waals surface area contributed by atoms with E-state index in [0.717, 1.165) is 50.4 Å². The van der Waals surface area contributed by atoms with Crippen LogP contribution in [0.2, 0.25) is 0 Å². The zero-order valence-corrected chi connectivity index (χ0v) is 13.4. The van der Waals surface area contributed by atoms with Crippen molar-refractivity contribution in [2.45, 2.75) is 52.1 Å². The Morgan fingerprint density at radius 3 is 2.77 bits per heavy atom. The number of amides is 1. The van der Waals surface area contributed by atoms with Crippen molar-refractivity contribution in [2.75, 3.05) is 13.2 Å². The van der Waals surface area contributed by atoms with Gasteiger partial charge in [-0.15, -0.1) is 0 Å². The van der Waals surface area contributed by atoms with Crippen LogP contribution in [0, 0.1) is 5.92 Å². The van der Waals surface area contributed by atoms with Crippen LogP contribution >= 0.6 is 0 Å². The molecule has 2 aliphatic heterocycles. The lowest BCUT2D eigenvalue weighted by Crippen LogP contribution is -2.36. The van der Waals surface area contributed by atoms with Crippen molar-refractivity contribution in [3.63, 3.8) is 0 Å². The molecule has 4 rings (SSSR count). The van der Waals surface area contributed by atoms with Gasteiger partial charge in [-0.3, -0.25) is 4.79 Å². The second kappa shape index (κ2) is 5.18. The topological polar surface area (TPSA) is 38.8 Å². The van der Waals surface area contributed by atoms with Crippen LogP contribution in [0.4, 0.5) is 0 Å². The Bertz CT molecular complexity index is 587. The van der Waals surface area contributed by atoms with Crippen molar-refractivity contribution >= 4 is 5.91 Å². The summed E-state index contributed by atoms with van der Waals surface area (Å²) < 4.78 is 11.7. The van der Waals surface area contributed by atoms with E-state index in [0.29, 0.717) is 12.6 Å². The van der Waals surface area contributed by atoms with Crippen molar-refractivity contribution in [3.05, 3.63) is 22.8 Å². The summed E-state index contributed by atoms with van der Waals surface area (Å²) in [5.74, 6) is 2.33. The van der Waals surface area contributed by atoms with Gasteiger partial charge in [0.2, 0.25) is 5.91 Å². The molecule has 1 aliphatic carbocycles. The molecule has 3 aliphatic rings. The highest BCUT2D eigenvalue weighted by atomic mass is 16.5. The first-order chi connectivity index (χ1) is 10.6. The van der Waals surface area contributed by atoms with Crippen LogP contribution in [-0.2, 0) is 24.2 Å². The third kappa shape index (κ3) is 2.25. The molecule has 0 radical (unpaired) electrons. The van der Waals surface area contributed by atoms with Gasteiger partial charge in [0.05, 0.1) is 19.8 Å². The van der Waals surface area contributed by atoms with Gasteiger partial charge in [0.15, 0.2) is 0 Å². The smallest absolute Gasteiger partial charge is 0.225 e. The fourth-order valence-corrected chi connectivity index (χ4v) is 3.53. The molecule has 1 amide bonds. The van der Waals surface area contributed by atoms with Crippen molar-refractivity contribution < 1.29 is 14.3 Å². The number of ether oxygens (including phenoxy) is 2. The third-order valence-electron chi connectivity index (χ3n) is 4.85. The van der Waals surface area contributed by atoms with Crippen LogP contribution in [0.5, 0.6) is 11.5 Å². The van der Waals surface area contributed by atoms with Crippen LogP contribution < -0.4 is 9.47 Å². The average Bonchev–Trinajstić information content (AvgIpc) is 3.04. The fourth-order valence-electron chi connectivity index (χ4n) is 3.53. The molecule has 4 nitrogen and oxygen atoms in total. The maximum atomic E-state index is 12.6. The quantitative estimate of drug-likeness (QED) is 0.858. The molecule has 1 aromatic carbocycles. The van der Waals surface area contributed by atoms with Gasteiger partial charge >= 0.3 is 0 Å². The maximum absolute atomic E-state index is 12.6. The molecule has 1 fully saturated rings. The summed E-state index contributed by atoms with van der Waals surface area (Å²) in [6.45, 7) is 6.13. The van der Waals surface area contributed by atoms with E-state index in [-0.39, 0.29) is 11.8 Å². The number of fused-ring (bicyclic) bond motifs is 2. The van der Waals surface area contributed by atoms with E-state index in [1.165, 1.54) is 16.7 Å². The summed E-state index contributed by atoms with van der Waals surface area (Å²) in [5.41, 5.74) is 3.69. The van der Waals surface area contributed by atoms with Crippen LogP contribution in [0.3, 0.4) is 0 Å². The van der Waals surface area contributed by atoms with Gasteiger partial charge in [0, 0.05) is 41.5 Å². The molecule has 1 saturated carbocycles. The Morgan fingerprint density at radius 1 is 1.27 bits per heavy atom. The highest BCUT2D eigenvalue weighted by Gasteiger charge is 2.36. The van der Waals surface area contributed by atoms with Crippen molar-refractivity contribution in [2.24, 2.45) is 5.92 Å². The Balaban J connectivity index is 1.71. The molecule has 22 heavy (non-hydrogen) atoms. The van der Waals surface area contributed by atoms with Gasteiger partial charge in [0.25, 0.3) is 0 Å². The van der Waals surface area contributed by atoms with E-state index in [2.05, 4.69) is 11.0 Å². The van der Waals surface area contributed by atoms with Crippen molar-refractivity contribution in [1.82, 2.24) is 4.90 Å². The summed E-state index contributed by atoms with van der Waals surface area (Å²) in [6, 6.07) is 2.56. The SMILES string of the molecule is CC(C)C(=O)N(Cc1c2c(cc3c1OCC3)OCC2)C1CC1. The predicted molar refractivity (Wildman–Crippen MR) is 83.3 cm³/mol. The number of hydrogen-bond acceptors (Lipinski definition) is 3. The summed E-state index contributed by atoms with van der Waals surface area (Å²) in [5, 5.41) is 0. The van der Waals surface area contributed by atoms with Crippen LogP contribution in [0.25, 0.3) is 0 Å². The first kappa shape index (κ1) is 13.9. The predicted octanol–water partition coefficient (Wildman–Crippen LogP) is 2.70. The fraction of sp³-hybridized carbons (Fsp3) is 0.611. The zero-order valence-electron chi connectivity index (χ0n) is 13.4. The third-order valence-corrected chi connectivity index (χ3v) is 4.85. The lowest BCUT2D eigenvalue weighted by atomic mass is 9.98. The first-order valence-electron chi connectivity index (χ1n) is 8.39. The lowest BCUT2D eigenvalue weighted by Gasteiger charge is -2.26. The van der Waals surface area contributed by atoms with E-state index in [4.69, 9.17) is 9.47 Å². The minimum atomic E-state index is 0.0441. The van der Waals surface area contributed by atoms with Gasteiger partial charge < -0.3 is 14.4 Å². The number of nitrogens with zero attached hydrogens (tertiary/aromatic N) is 1. The van der Waals surface area contributed by atoms with Gasteiger partial charge in [-0.05, 0) is 18.9 Å². The summed E-state index contributed by atoms with van der Waals surface area (Å²) >= 11 is 0. The Labute approximate surface area is 131 Å². The molecule has 0 bridgehead atoms. The molecule has 1 aromatic rings. The largest absolute Gasteiger partial charge is 0.493 e. The highest BCUT2D eigenvalue weighted by Crippen LogP contribution is 2.42. The van der Waals surface area contributed by atoms with Gasteiger partial charge in [-0.2, -0.15) is 0 Å². The van der Waals surface area contributed by atoms with E-state index in [1.54, 1.807) is 0 Å². The Kier molecular flexibility index (Phi) is 3.28. The van der Waals surface area contributed by atoms with Crippen LogP contribution in [0.1, 0.15) is 43.4 Å². The maximum Gasteiger partial charge on any atom is 0.225 e. The molecule has 0 unspecified atom stereocenters. The highest BCUT2D eigenvalue weighted by molar-refractivity contribution is 5.79. The lowest BCUT2D eigenvalue weighted by molar-refractivity contribution is -0.135. The second-order valence-corrected chi connectivity index (χ2v) is 6.87. The molecule has 0 spiro atoms. The molecule has 0 N–H and O–H groups in total. The van der Waals surface area contributed by atoms with E-state index < -0.39 is 0 Å². The van der Waals surface area contributed by atoms with Crippen LogP contribution in [0.15, 0.2) is 6.07 Å². The van der Waals surface area contributed by atoms with Crippen LogP contribution in [-0.4, -0.2) is 30.1 Å². The second-order valence-electron chi connectivity index (χ2n) is 6.87. The normalized spacial score (nSPS) is 18.7. The van der Waals surface area contributed by atoms with E-state index in [9.17, 15) is 4.79 Å². The minimum Gasteiger partial charge on any atom is -0.493 e. The molecule has 4 heteroatoms. The number of carbonyl (C=O) groups is 1. The number of benzene rings is 1. The van der Waals surface area contributed by atoms with Crippen molar-refractivity contribution in [3.8, 4) is 11.5 Å². The molecular formula is C18H23NO3. The Morgan fingerprint density at radius 2 is 2.05 bits per heavy atom. The summed E-state index contributed by atoms with van der Waals surface area (Å²) in [4.78, 5) is 14.7.